The number of hydrogen-bond acceptors (Lipinski definition) is 3. The highest BCUT2D eigenvalue weighted by Crippen LogP contribution is 2.32. The van der Waals surface area contributed by atoms with Crippen LogP contribution in [0.4, 0.5) is 0 Å². The summed E-state index contributed by atoms with van der Waals surface area (Å²) in [6.07, 6.45) is 0. The minimum Gasteiger partial charge on any atom is -0.454 e. The van der Waals surface area contributed by atoms with Gasteiger partial charge in [-0.2, -0.15) is 0 Å². The Morgan fingerprint density at radius 1 is 0.737 bits per heavy atom. The zero-order valence-corrected chi connectivity index (χ0v) is 11.6. The Morgan fingerprint density at radius 3 is 1.42 bits per heavy atom. The first kappa shape index (κ1) is 15.8. The van der Waals surface area contributed by atoms with E-state index < -0.39 is 0 Å². The molecule has 0 saturated heterocycles. The van der Waals surface area contributed by atoms with Crippen molar-refractivity contribution < 1.29 is 14.9 Å². The van der Waals surface area contributed by atoms with Crippen molar-refractivity contribution in [2.45, 2.75) is 0 Å². The van der Waals surface area contributed by atoms with Gasteiger partial charge in [0, 0.05) is 0 Å². The van der Waals surface area contributed by atoms with Crippen LogP contribution in [0.1, 0.15) is 0 Å². The Morgan fingerprint density at radius 2 is 1.11 bits per heavy atom. The Hall–Kier alpha value is -1.26. The monoisotopic (exact) mass is 300 g/mol. The molecule has 0 unspecified atom stereocenters. The lowest BCUT2D eigenvalue weighted by Crippen LogP contribution is -1.85. The van der Waals surface area contributed by atoms with E-state index in [1.165, 1.54) is 0 Å². The lowest BCUT2D eigenvalue weighted by molar-refractivity contribution is 0.186. The van der Waals surface area contributed by atoms with Crippen molar-refractivity contribution in [1.82, 2.24) is 0 Å². The molecule has 0 atom stereocenters. The van der Waals surface area contributed by atoms with Gasteiger partial charge in [-0.1, -0.05) is 47.5 Å². The maximum Gasteiger partial charge on any atom is 0.146 e. The zero-order chi connectivity index (χ0) is 14.1. The predicted molar refractivity (Wildman–Crippen MR) is 77.1 cm³/mol. The third kappa shape index (κ3) is 5.49. The molecule has 3 nitrogen and oxygen atoms in total. The Labute approximate surface area is 122 Å². The van der Waals surface area contributed by atoms with Crippen molar-refractivity contribution in [2.24, 2.45) is 0 Å². The number of para-hydroxylation sites is 2. The molecular formula is C14H14Cl2O3. The van der Waals surface area contributed by atoms with E-state index in [1.54, 1.807) is 24.3 Å². The largest absolute Gasteiger partial charge is 0.454 e. The third-order valence-electron chi connectivity index (χ3n) is 1.99. The van der Waals surface area contributed by atoms with Crippen molar-refractivity contribution in [3.63, 3.8) is 0 Å². The number of hydrogen-bond donors (Lipinski definition) is 2. The number of benzene rings is 2. The van der Waals surface area contributed by atoms with Crippen LogP contribution in [0, 0.1) is 0 Å². The fraction of sp³-hybridized carbons (Fsp3) is 0.143. The number of aliphatic hydroxyl groups is 2. The number of aliphatic hydroxyl groups excluding tert-OH is 2. The molecule has 0 heterocycles. The Kier molecular flexibility index (Phi) is 7.30. The highest BCUT2D eigenvalue weighted by molar-refractivity contribution is 6.32. The van der Waals surface area contributed by atoms with E-state index in [4.69, 9.17) is 38.2 Å². The molecule has 0 aliphatic heterocycles. The van der Waals surface area contributed by atoms with Crippen LogP contribution in [0.2, 0.25) is 10.0 Å². The van der Waals surface area contributed by atoms with Crippen LogP contribution in [0.3, 0.4) is 0 Å². The highest BCUT2D eigenvalue weighted by atomic mass is 35.5. The SMILES string of the molecule is Clc1ccccc1Oc1ccccc1Cl.OCCO. The van der Waals surface area contributed by atoms with Crippen molar-refractivity contribution in [3.05, 3.63) is 58.6 Å². The minimum absolute atomic E-state index is 0.125. The Balaban J connectivity index is 0.000000399. The van der Waals surface area contributed by atoms with Crippen molar-refractivity contribution >= 4 is 23.2 Å². The molecule has 0 bridgehead atoms. The van der Waals surface area contributed by atoms with E-state index in [2.05, 4.69) is 0 Å². The summed E-state index contributed by atoms with van der Waals surface area (Å²) in [6.45, 7) is -0.250. The van der Waals surface area contributed by atoms with Crippen LogP contribution in [0.15, 0.2) is 48.5 Å². The van der Waals surface area contributed by atoms with Gasteiger partial charge in [0.25, 0.3) is 0 Å². The summed E-state index contributed by atoms with van der Waals surface area (Å²) in [6, 6.07) is 14.6. The van der Waals surface area contributed by atoms with Crippen molar-refractivity contribution in [3.8, 4) is 11.5 Å². The van der Waals surface area contributed by atoms with Gasteiger partial charge in [-0.3, -0.25) is 0 Å². The summed E-state index contributed by atoms with van der Waals surface area (Å²) >= 11 is 11.9. The van der Waals surface area contributed by atoms with Gasteiger partial charge in [0.05, 0.1) is 23.3 Å². The molecule has 5 heteroatoms. The topological polar surface area (TPSA) is 49.7 Å². The van der Waals surface area contributed by atoms with Gasteiger partial charge >= 0.3 is 0 Å². The quantitative estimate of drug-likeness (QED) is 0.907. The van der Waals surface area contributed by atoms with E-state index in [9.17, 15) is 0 Å². The van der Waals surface area contributed by atoms with Gasteiger partial charge in [-0.25, -0.2) is 0 Å². The molecule has 0 radical (unpaired) electrons. The summed E-state index contributed by atoms with van der Waals surface area (Å²) in [5, 5.41) is 16.4. The molecule has 0 aromatic heterocycles. The van der Waals surface area contributed by atoms with E-state index >= 15 is 0 Å². The first-order chi connectivity index (χ1) is 9.19. The van der Waals surface area contributed by atoms with Gasteiger partial charge in [-0.05, 0) is 24.3 Å². The maximum absolute atomic E-state index is 7.62. The van der Waals surface area contributed by atoms with Crippen LogP contribution in [0.5, 0.6) is 11.5 Å². The third-order valence-corrected chi connectivity index (χ3v) is 2.62. The van der Waals surface area contributed by atoms with E-state index in [0.717, 1.165) is 0 Å². The number of halogens is 2. The van der Waals surface area contributed by atoms with Crippen LogP contribution in [0.25, 0.3) is 0 Å². The second kappa shape index (κ2) is 8.77. The molecule has 2 aromatic rings. The highest BCUT2D eigenvalue weighted by Gasteiger charge is 2.04. The lowest BCUT2D eigenvalue weighted by Gasteiger charge is -2.08. The molecule has 0 fully saturated rings. The molecule has 102 valence electrons. The lowest BCUT2D eigenvalue weighted by atomic mass is 10.3. The van der Waals surface area contributed by atoms with Crippen LogP contribution < -0.4 is 4.74 Å². The second-order valence-electron chi connectivity index (χ2n) is 3.41. The molecule has 2 rings (SSSR count). The summed E-state index contributed by atoms with van der Waals surface area (Å²) in [7, 11) is 0. The maximum atomic E-state index is 7.62. The normalized spacial score (nSPS) is 9.47. The van der Waals surface area contributed by atoms with E-state index in [0.29, 0.717) is 21.5 Å². The molecule has 0 aliphatic rings. The molecule has 0 amide bonds. The second-order valence-corrected chi connectivity index (χ2v) is 4.22. The summed E-state index contributed by atoms with van der Waals surface area (Å²) in [4.78, 5) is 0. The van der Waals surface area contributed by atoms with Crippen LogP contribution in [-0.2, 0) is 0 Å². The van der Waals surface area contributed by atoms with E-state index in [-0.39, 0.29) is 13.2 Å². The molecule has 2 N–H and O–H groups in total. The zero-order valence-electron chi connectivity index (χ0n) is 10.1. The average molecular weight is 301 g/mol. The van der Waals surface area contributed by atoms with Gasteiger partial charge in [0.1, 0.15) is 11.5 Å². The average Bonchev–Trinajstić information content (AvgIpc) is 2.44. The summed E-state index contributed by atoms with van der Waals surface area (Å²) in [5.41, 5.74) is 0. The number of rotatable bonds is 3. The van der Waals surface area contributed by atoms with Gasteiger partial charge in [0.2, 0.25) is 0 Å². The first-order valence-corrected chi connectivity index (χ1v) is 6.33. The van der Waals surface area contributed by atoms with Crippen molar-refractivity contribution in [1.29, 1.82) is 0 Å². The smallest absolute Gasteiger partial charge is 0.146 e. The molecule has 0 spiro atoms. The fourth-order valence-electron chi connectivity index (χ4n) is 1.17. The predicted octanol–water partition coefficient (Wildman–Crippen LogP) is 3.76. The fourth-order valence-corrected chi connectivity index (χ4v) is 1.52. The molecule has 0 saturated carbocycles. The van der Waals surface area contributed by atoms with Crippen molar-refractivity contribution in [2.75, 3.05) is 13.2 Å². The first-order valence-electron chi connectivity index (χ1n) is 5.57. The van der Waals surface area contributed by atoms with Crippen LogP contribution in [-0.4, -0.2) is 23.4 Å². The molecule has 0 aliphatic carbocycles. The molecule has 19 heavy (non-hydrogen) atoms. The van der Waals surface area contributed by atoms with Gasteiger partial charge in [-0.15, -0.1) is 0 Å². The molecule has 2 aromatic carbocycles. The Bertz CT molecular complexity index is 458. The summed E-state index contributed by atoms with van der Waals surface area (Å²) in [5.74, 6) is 1.21. The number of ether oxygens (including phenoxy) is 1. The summed E-state index contributed by atoms with van der Waals surface area (Å²) < 4.78 is 5.58. The van der Waals surface area contributed by atoms with Crippen LogP contribution >= 0.6 is 23.2 Å². The van der Waals surface area contributed by atoms with E-state index in [1.807, 2.05) is 24.3 Å². The standard InChI is InChI=1S/C12H8Cl2O.C2H6O2/c13-9-5-1-3-7-11(9)15-12-8-4-2-6-10(12)14;3-1-2-4/h1-8H;3-4H,1-2H2. The minimum atomic E-state index is -0.125. The van der Waals surface area contributed by atoms with Gasteiger partial charge in [0.15, 0.2) is 0 Å². The van der Waals surface area contributed by atoms with Gasteiger partial charge < -0.3 is 14.9 Å². The molecular weight excluding hydrogens is 287 g/mol.